The smallest absolute Gasteiger partial charge is 0.243 e. The molecule has 19 heavy (non-hydrogen) atoms. The van der Waals surface area contributed by atoms with Crippen LogP contribution in [0.5, 0.6) is 0 Å². The maximum absolute atomic E-state index is 12.5. The Morgan fingerprint density at radius 1 is 1.11 bits per heavy atom. The maximum Gasteiger partial charge on any atom is 0.243 e. The van der Waals surface area contributed by atoms with Crippen LogP contribution in [0.4, 0.5) is 0 Å². The molecule has 1 fully saturated rings. The minimum Gasteiger partial charge on any atom is -0.300 e. The SMILES string of the molecule is Cc1ccc(S(=O)(=O)N2CCN(CCBr)CC2)cc1. The van der Waals surface area contributed by atoms with Gasteiger partial charge in [-0.15, -0.1) is 0 Å². The molecule has 0 bridgehead atoms. The zero-order chi connectivity index (χ0) is 13.9. The Labute approximate surface area is 123 Å². The summed E-state index contributed by atoms with van der Waals surface area (Å²) in [5.74, 6) is 0. The summed E-state index contributed by atoms with van der Waals surface area (Å²) in [4.78, 5) is 2.67. The quantitative estimate of drug-likeness (QED) is 0.779. The van der Waals surface area contributed by atoms with Crippen LogP contribution in [0, 0.1) is 6.92 Å². The monoisotopic (exact) mass is 346 g/mol. The second-order valence-electron chi connectivity index (χ2n) is 4.75. The number of hydrogen-bond donors (Lipinski definition) is 0. The highest BCUT2D eigenvalue weighted by Gasteiger charge is 2.27. The number of nitrogens with zero attached hydrogens (tertiary/aromatic N) is 2. The van der Waals surface area contributed by atoms with Crippen molar-refractivity contribution >= 4 is 26.0 Å². The molecule has 0 radical (unpaired) electrons. The van der Waals surface area contributed by atoms with Crippen molar-refractivity contribution in [3.8, 4) is 0 Å². The zero-order valence-electron chi connectivity index (χ0n) is 11.0. The van der Waals surface area contributed by atoms with Crippen LogP contribution in [0.3, 0.4) is 0 Å². The molecule has 0 N–H and O–H groups in total. The lowest BCUT2D eigenvalue weighted by atomic mass is 10.2. The number of rotatable bonds is 4. The van der Waals surface area contributed by atoms with Gasteiger partial charge in [-0.2, -0.15) is 4.31 Å². The third-order valence-electron chi connectivity index (χ3n) is 3.39. The predicted molar refractivity (Wildman–Crippen MR) is 80.2 cm³/mol. The number of benzene rings is 1. The van der Waals surface area contributed by atoms with Crippen molar-refractivity contribution < 1.29 is 8.42 Å². The molecule has 106 valence electrons. The molecule has 1 saturated heterocycles. The molecule has 0 aromatic heterocycles. The molecule has 0 spiro atoms. The van der Waals surface area contributed by atoms with Crippen LogP contribution >= 0.6 is 15.9 Å². The third-order valence-corrected chi connectivity index (χ3v) is 5.66. The van der Waals surface area contributed by atoms with Gasteiger partial charge >= 0.3 is 0 Å². The topological polar surface area (TPSA) is 40.6 Å². The van der Waals surface area contributed by atoms with Crippen molar-refractivity contribution in [3.05, 3.63) is 29.8 Å². The van der Waals surface area contributed by atoms with Crippen molar-refractivity contribution in [1.29, 1.82) is 0 Å². The van der Waals surface area contributed by atoms with E-state index in [1.807, 2.05) is 19.1 Å². The number of sulfonamides is 1. The molecule has 1 aromatic rings. The average Bonchev–Trinajstić information content (AvgIpc) is 2.40. The van der Waals surface area contributed by atoms with Gasteiger partial charge in [0.25, 0.3) is 0 Å². The van der Waals surface area contributed by atoms with E-state index in [1.165, 1.54) is 0 Å². The fourth-order valence-corrected chi connectivity index (χ4v) is 4.10. The Morgan fingerprint density at radius 2 is 1.68 bits per heavy atom. The van der Waals surface area contributed by atoms with Crippen LogP contribution in [0.25, 0.3) is 0 Å². The van der Waals surface area contributed by atoms with Crippen LogP contribution in [0.1, 0.15) is 5.56 Å². The highest BCUT2D eigenvalue weighted by Crippen LogP contribution is 2.18. The Bertz CT molecular complexity index is 508. The van der Waals surface area contributed by atoms with E-state index in [-0.39, 0.29) is 0 Å². The van der Waals surface area contributed by atoms with Crippen LogP contribution in [-0.4, -0.2) is 55.7 Å². The second-order valence-corrected chi connectivity index (χ2v) is 7.48. The van der Waals surface area contributed by atoms with Crippen molar-refractivity contribution in [1.82, 2.24) is 9.21 Å². The van der Waals surface area contributed by atoms with E-state index in [0.717, 1.165) is 30.5 Å². The van der Waals surface area contributed by atoms with Gasteiger partial charge in [-0.1, -0.05) is 33.6 Å². The van der Waals surface area contributed by atoms with E-state index in [4.69, 9.17) is 0 Å². The highest BCUT2D eigenvalue weighted by atomic mass is 79.9. The van der Waals surface area contributed by atoms with Gasteiger partial charge in [0.2, 0.25) is 10.0 Å². The first kappa shape index (κ1) is 15.0. The number of hydrogen-bond acceptors (Lipinski definition) is 3. The average molecular weight is 347 g/mol. The van der Waals surface area contributed by atoms with Gasteiger partial charge in [-0.3, -0.25) is 4.90 Å². The van der Waals surface area contributed by atoms with Gasteiger partial charge in [0.15, 0.2) is 0 Å². The molecule has 1 aliphatic rings. The van der Waals surface area contributed by atoms with Gasteiger partial charge in [-0.05, 0) is 19.1 Å². The fourth-order valence-electron chi connectivity index (χ4n) is 2.17. The van der Waals surface area contributed by atoms with E-state index in [0.29, 0.717) is 18.0 Å². The highest BCUT2D eigenvalue weighted by molar-refractivity contribution is 9.09. The third kappa shape index (κ3) is 3.56. The molecule has 0 aliphatic carbocycles. The molecule has 0 amide bonds. The van der Waals surface area contributed by atoms with Gasteiger partial charge < -0.3 is 0 Å². The van der Waals surface area contributed by atoms with E-state index in [9.17, 15) is 8.42 Å². The first-order chi connectivity index (χ1) is 9.04. The number of piperazine rings is 1. The zero-order valence-corrected chi connectivity index (χ0v) is 13.5. The summed E-state index contributed by atoms with van der Waals surface area (Å²) in [6.45, 7) is 5.67. The van der Waals surface area contributed by atoms with E-state index in [2.05, 4.69) is 20.8 Å². The minimum atomic E-state index is -3.32. The lowest BCUT2D eigenvalue weighted by Crippen LogP contribution is -2.48. The number of alkyl halides is 1. The summed E-state index contributed by atoms with van der Waals surface area (Å²) >= 11 is 3.41. The second kappa shape index (κ2) is 6.35. The Morgan fingerprint density at radius 3 is 2.21 bits per heavy atom. The summed E-state index contributed by atoms with van der Waals surface area (Å²) in [6.07, 6.45) is 0. The molecule has 1 aliphatic heterocycles. The van der Waals surface area contributed by atoms with Crippen molar-refractivity contribution in [2.24, 2.45) is 0 Å². The molecule has 0 atom stereocenters. The summed E-state index contributed by atoms with van der Waals surface area (Å²) in [7, 11) is -3.32. The largest absolute Gasteiger partial charge is 0.300 e. The first-order valence-electron chi connectivity index (χ1n) is 6.39. The molecule has 0 saturated carbocycles. The lowest BCUT2D eigenvalue weighted by Gasteiger charge is -2.33. The molecule has 0 unspecified atom stereocenters. The van der Waals surface area contributed by atoms with Crippen molar-refractivity contribution in [2.75, 3.05) is 38.1 Å². The van der Waals surface area contributed by atoms with Crippen LogP contribution in [-0.2, 0) is 10.0 Å². The molecular weight excluding hydrogens is 328 g/mol. The molecule has 1 heterocycles. The summed E-state index contributed by atoms with van der Waals surface area (Å²) in [5, 5.41) is 0.928. The summed E-state index contributed by atoms with van der Waals surface area (Å²) in [6, 6.07) is 7.06. The molecular formula is C13H19BrN2O2S. The number of aryl methyl sites for hydroxylation is 1. The van der Waals surface area contributed by atoms with E-state index < -0.39 is 10.0 Å². The van der Waals surface area contributed by atoms with Crippen molar-refractivity contribution in [3.63, 3.8) is 0 Å². The Kier molecular flexibility index (Phi) is 5.00. The van der Waals surface area contributed by atoms with Crippen LogP contribution in [0.15, 0.2) is 29.2 Å². The standard InChI is InChI=1S/C13H19BrN2O2S/c1-12-2-4-13(5-3-12)19(17,18)16-10-8-15(7-6-14)9-11-16/h2-5H,6-11H2,1H3. The van der Waals surface area contributed by atoms with Gasteiger partial charge in [-0.25, -0.2) is 8.42 Å². The first-order valence-corrected chi connectivity index (χ1v) is 8.95. The molecule has 6 heteroatoms. The Balaban J connectivity index is 2.07. The van der Waals surface area contributed by atoms with Crippen LogP contribution < -0.4 is 0 Å². The predicted octanol–water partition coefficient (Wildman–Crippen LogP) is 1.70. The minimum absolute atomic E-state index is 0.395. The fraction of sp³-hybridized carbons (Fsp3) is 0.538. The lowest BCUT2D eigenvalue weighted by molar-refractivity contribution is 0.198. The Hall–Kier alpha value is -0.430. The van der Waals surface area contributed by atoms with Gasteiger partial charge in [0, 0.05) is 38.1 Å². The van der Waals surface area contributed by atoms with E-state index in [1.54, 1.807) is 16.4 Å². The normalized spacial score (nSPS) is 18.6. The van der Waals surface area contributed by atoms with E-state index >= 15 is 0 Å². The van der Waals surface area contributed by atoms with Crippen molar-refractivity contribution in [2.45, 2.75) is 11.8 Å². The maximum atomic E-state index is 12.5. The molecule has 1 aromatic carbocycles. The number of halogens is 1. The molecule has 4 nitrogen and oxygen atoms in total. The van der Waals surface area contributed by atoms with Crippen LogP contribution in [0.2, 0.25) is 0 Å². The summed E-state index contributed by atoms with van der Waals surface area (Å²) in [5.41, 5.74) is 1.07. The summed E-state index contributed by atoms with van der Waals surface area (Å²) < 4.78 is 26.5. The van der Waals surface area contributed by atoms with Gasteiger partial charge in [0.1, 0.15) is 0 Å². The van der Waals surface area contributed by atoms with Gasteiger partial charge in [0.05, 0.1) is 4.90 Å². The molecule has 2 rings (SSSR count).